The van der Waals surface area contributed by atoms with E-state index in [-0.39, 0.29) is 5.91 Å². The van der Waals surface area contributed by atoms with Crippen molar-refractivity contribution >= 4 is 17.8 Å². The minimum atomic E-state index is -4.40. The van der Waals surface area contributed by atoms with E-state index in [1.165, 1.54) is 6.07 Å². The number of urea groups is 1. The molecule has 0 unspecified atom stereocenters. The summed E-state index contributed by atoms with van der Waals surface area (Å²) in [7, 11) is 0. The zero-order chi connectivity index (χ0) is 19.9. The van der Waals surface area contributed by atoms with Crippen LogP contribution in [0.5, 0.6) is 0 Å². The molecule has 150 valence electrons. The van der Waals surface area contributed by atoms with E-state index in [2.05, 4.69) is 10.3 Å². The van der Waals surface area contributed by atoms with Crippen molar-refractivity contribution in [3.05, 3.63) is 23.9 Å². The number of alkyl halides is 3. The van der Waals surface area contributed by atoms with Gasteiger partial charge in [0.25, 0.3) is 0 Å². The van der Waals surface area contributed by atoms with Crippen molar-refractivity contribution in [1.82, 2.24) is 15.2 Å². The molecule has 1 aliphatic heterocycles. The maximum absolute atomic E-state index is 12.6. The van der Waals surface area contributed by atoms with Gasteiger partial charge in [-0.1, -0.05) is 6.42 Å². The van der Waals surface area contributed by atoms with Crippen LogP contribution in [0.1, 0.15) is 31.2 Å². The fourth-order valence-corrected chi connectivity index (χ4v) is 2.87. The van der Waals surface area contributed by atoms with Crippen LogP contribution in [0.2, 0.25) is 0 Å². The second kappa shape index (κ2) is 9.43. The van der Waals surface area contributed by atoms with Crippen LogP contribution in [0.3, 0.4) is 0 Å². The number of hydrogen-bond donors (Lipinski definition) is 2. The molecular formula is C17H24F3N5O2. The lowest BCUT2D eigenvalue weighted by atomic mass is 10.1. The maximum atomic E-state index is 12.6. The van der Waals surface area contributed by atoms with Crippen molar-refractivity contribution in [3.63, 3.8) is 0 Å². The number of carbonyl (C=O) groups is 2. The minimum Gasteiger partial charge on any atom is -0.353 e. The average molecular weight is 387 g/mol. The first-order valence-electron chi connectivity index (χ1n) is 8.86. The molecule has 1 aromatic heterocycles. The summed E-state index contributed by atoms with van der Waals surface area (Å²) in [6.07, 6.45) is -0.799. The van der Waals surface area contributed by atoms with Crippen LogP contribution in [-0.2, 0) is 11.0 Å². The third-order valence-corrected chi connectivity index (χ3v) is 4.40. The number of amides is 3. The number of nitrogens with two attached hydrogens (primary N) is 1. The third kappa shape index (κ3) is 6.61. The number of hydrogen-bond acceptors (Lipinski definition) is 4. The highest BCUT2D eigenvalue weighted by Gasteiger charge is 2.31. The fraction of sp³-hybridized carbons (Fsp3) is 0.588. The smallest absolute Gasteiger partial charge is 0.353 e. The summed E-state index contributed by atoms with van der Waals surface area (Å²) >= 11 is 0. The van der Waals surface area contributed by atoms with Crippen molar-refractivity contribution in [2.24, 2.45) is 5.73 Å². The number of piperazine rings is 1. The summed E-state index contributed by atoms with van der Waals surface area (Å²) in [5, 5.41) is 2.50. The maximum Gasteiger partial charge on any atom is 0.417 e. The summed E-state index contributed by atoms with van der Waals surface area (Å²) in [6, 6.07) is 1.83. The number of pyridine rings is 1. The van der Waals surface area contributed by atoms with Gasteiger partial charge >= 0.3 is 12.2 Å². The Labute approximate surface area is 155 Å². The normalized spacial score (nSPS) is 14.9. The van der Waals surface area contributed by atoms with E-state index in [1.807, 2.05) is 4.90 Å². The van der Waals surface area contributed by atoms with Crippen LogP contribution in [0.4, 0.5) is 23.8 Å². The highest BCUT2D eigenvalue weighted by Crippen LogP contribution is 2.29. The molecule has 2 heterocycles. The van der Waals surface area contributed by atoms with Crippen molar-refractivity contribution in [2.75, 3.05) is 37.6 Å². The molecule has 1 aromatic rings. The molecule has 1 saturated heterocycles. The topological polar surface area (TPSA) is 91.6 Å². The molecule has 0 spiro atoms. The number of rotatable bonds is 7. The van der Waals surface area contributed by atoms with Gasteiger partial charge in [-0.3, -0.25) is 4.79 Å². The second-order valence-corrected chi connectivity index (χ2v) is 6.37. The predicted octanol–water partition coefficient (Wildman–Crippen LogP) is 1.98. The molecule has 10 heteroatoms. The molecule has 3 N–H and O–H groups in total. The molecule has 0 radical (unpaired) electrons. The molecule has 0 atom stereocenters. The van der Waals surface area contributed by atoms with Crippen molar-refractivity contribution in [2.45, 2.75) is 31.9 Å². The van der Waals surface area contributed by atoms with Gasteiger partial charge in [0.15, 0.2) is 0 Å². The zero-order valence-electron chi connectivity index (χ0n) is 15.0. The number of unbranched alkanes of at least 4 members (excludes halogenated alkanes) is 2. The van der Waals surface area contributed by atoms with Gasteiger partial charge in [0.1, 0.15) is 5.82 Å². The third-order valence-electron chi connectivity index (χ3n) is 4.40. The Hall–Kier alpha value is -2.52. The van der Waals surface area contributed by atoms with Crippen LogP contribution >= 0.6 is 0 Å². The van der Waals surface area contributed by atoms with Crippen LogP contribution in [0.15, 0.2) is 18.3 Å². The predicted molar refractivity (Wildman–Crippen MR) is 94.1 cm³/mol. The van der Waals surface area contributed by atoms with Gasteiger partial charge in [0, 0.05) is 45.3 Å². The zero-order valence-corrected chi connectivity index (χ0v) is 15.0. The summed E-state index contributed by atoms with van der Waals surface area (Å²) in [4.78, 5) is 30.3. The molecular weight excluding hydrogens is 363 g/mol. The fourth-order valence-electron chi connectivity index (χ4n) is 2.87. The van der Waals surface area contributed by atoms with E-state index in [9.17, 15) is 22.8 Å². The summed E-state index contributed by atoms with van der Waals surface area (Å²) < 4.78 is 37.8. The second-order valence-electron chi connectivity index (χ2n) is 6.37. The SMILES string of the molecule is NC(=O)NCCCCCC(=O)N1CCN(c2ccc(C(F)(F)F)cn2)CC1. The number of nitrogens with zero attached hydrogens (tertiary/aromatic N) is 3. The summed E-state index contributed by atoms with van der Waals surface area (Å²) in [5.74, 6) is 0.551. The van der Waals surface area contributed by atoms with Crippen LogP contribution in [0, 0.1) is 0 Å². The first-order valence-corrected chi connectivity index (χ1v) is 8.86. The van der Waals surface area contributed by atoms with E-state index >= 15 is 0 Å². The van der Waals surface area contributed by atoms with E-state index in [0.29, 0.717) is 45.0 Å². The van der Waals surface area contributed by atoms with Gasteiger partial charge in [0.05, 0.1) is 5.56 Å². The lowest BCUT2D eigenvalue weighted by molar-refractivity contribution is -0.138. The number of nitrogens with one attached hydrogen (secondary N) is 1. The van der Waals surface area contributed by atoms with Gasteiger partial charge in [-0.2, -0.15) is 13.2 Å². The Morgan fingerprint density at radius 3 is 2.37 bits per heavy atom. The molecule has 2 rings (SSSR count). The van der Waals surface area contributed by atoms with E-state index < -0.39 is 17.8 Å². The molecule has 0 bridgehead atoms. The highest BCUT2D eigenvalue weighted by atomic mass is 19.4. The van der Waals surface area contributed by atoms with Gasteiger partial charge < -0.3 is 20.9 Å². The minimum absolute atomic E-state index is 0.0675. The van der Waals surface area contributed by atoms with Crippen molar-refractivity contribution in [3.8, 4) is 0 Å². The van der Waals surface area contributed by atoms with Gasteiger partial charge in [-0.25, -0.2) is 9.78 Å². The molecule has 0 aliphatic carbocycles. The van der Waals surface area contributed by atoms with Gasteiger partial charge in [0.2, 0.25) is 5.91 Å². The number of primary amides is 1. The molecule has 0 aromatic carbocycles. The molecule has 7 nitrogen and oxygen atoms in total. The van der Waals surface area contributed by atoms with Crippen molar-refractivity contribution in [1.29, 1.82) is 0 Å². The Kier molecular flexibility index (Phi) is 7.26. The monoisotopic (exact) mass is 387 g/mol. The number of anilines is 1. The summed E-state index contributed by atoms with van der Waals surface area (Å²) in [6.45, 7) is 2.61. The standard InChI is InChI=1S/C17H24F3N5O2/c18-17(19,20)13-5-6-14(23-12-13)24-8-10-25(11-9-24)15(26)4-2-1-3-7-22-16(21)27/h5-6,12H,1-4,7-11H2,(H3,21,22,27). The lowest BCUT2D eigenvalue weighted by Crippen LogP contribution is -2.49. The highest BCUT2D eigenvalue weighted by molar-refractivity contribution is 5.76. The largest absolute Gasteiger partial charge is 0.417 e. The summed E-state index contributed by atoms with van der Waals surface area (Å²) in [5.41, 5.74) is 4.19. The van der Waals surface area contributed by atoms with E-state index in [0.717, 1.165) is 31.5 Å². The van der Waals surface area contributed by atoms with E-state index in [4.69, 9.17) is 5.73 Å². The quantitative estimate of drug-likeness (QED) is 0.700. The van der Waals surface area contributed by atoms with Crippen molar-refractivity contribution < 1.29 is 22.8 Å². The first kappa shape index (κ1) is 20.8. The Bertz CT molecular complexity index is 628. The number of halogens is 3. The Morgan fingerprint density at radius 2 is 1.81 bits per heavy atom. The number of aromatic nitrogens is 1. The van der Waals surface area contributed by atoms with Gasteiger partial charge in [-0.15, -0.1) is 0 Å². The number of carbonyl (C=O) groups excluding carboxylic acids is 2. The molecule has 27 heavy (non-hydrogen) atoms. The molecule has 3 amide bonds. The van der Waals surface area contributed by atoms with Crippen LogP contribution < -0.4 is 16.0 Å². The van der Waals surface area contributed by atoms with Gasteiger partial charge in [-0.05, 0) is 25.0 Å². The average Bonchev–Trinajstić information content (AvgIpc) is 2.63. The molecule has 1 aliphatic rings. The molecule has 1 fully saturated rings. The molecule has 0 saturated carbocycles. The Balaban J connectivity index is 1.70. The lowest BCUT2D eigenvalue weighted by Gasteiger charge is -2.35. The Morgan fingerprint density at radius 1 is 1.11 bits per heavy atom. The van der Waals surface area contributed by atoms with Crippen LogP contribution in [0.25, 0.3) is 0 Å². The van der Waals surface area contributed by atoms with Crippen LogP contribution in [-0.4, -0.2) is 54.5 Å². The first-order chi connectivity index (χ1) is 12.8. The van der Waals surface area contributed by atoms with E-state index in [1.54, 1.807) is 4.90 Å².